The van der Waals surface area contributed by atoms with Crippen molar-refractivity contribution in [3.63, 3.8) is 0 Å². The van der Waals surface area contributed by atoms with Crippen LogP contribution in [0.1, 0.15) is 66.4 Å². The summed E-state index contributed by atoms with van der Waals surface area (Å²) >= 11 is 0. The van der Waals surface area contributed by atoms with E-state index >= 15 is 0 Å². The molecule has 1 aromatic carbocycles. The topological polar surface area (TPSA) is 108 Å². The first-order chi connectivity index (χ1) is 18.8. The fraction of sp³-hybridized carbons (Fsp3) is 0.625. The van der Waals surface area contributed by atoms with E-state index in [1.54, 1.807) is 6.92 Å². The standard InChI is InChI=1S/C32H40O8/c1-18-14-24-23(30(24,5)6)12-13-31(17-37-31)29(38-20(3)33)26-27(39-25(35)15-22-10-8-7-9-11-22)19(2)16-32(26,28(18)36)40-21(4)34/h7-11,14,19,23-24,26-27,29H,12-13,15-17H2,1-6H3/b18-14+/t19-,23-,24+,26?,27-,29-,31+,32+/m0/s1. The molecule has 0 radical (unpaired) electrons. The van der Waals surface area contributed by atoms with Crippen molar-refractivity contribution in [2.24, 2.45) is 29.1 Å². The van der Waals surface area contributed by atoms with Gasteiger partial charge in [-0.25, -0.2) is 0 Å². The normalized spacial score (nSPS) is 39.0. The van der Waals surface area contributed by atoms with E-state index in [9.17, 15) is 19.2 Å². The molecule has 0 amide bonds. The Bertz CT molecular complexity index is 1230. The molecule has 8 nitrogen and oxygen atoms in total. The van der Waals surface area contributed by atoms with E-state index in [1.807, 2.05) is 43.3 Å². The molecular formula is C32H40O8. The van der Waals surface area contributed by atoms with E-state index in [0.29, 0.717) is 24.5 Å². The average Bonchev–Trinajstić information content (AvgIpc) is 3.73. The van der Waals surface area contributed by atoms with Gasteiger partial charge in [0.15, 0.2) is 5.60 Å². The highest BCUT2D eigenvalue weighted by molar-refractivity contribution is 6.03. The number of epoxide rings is 1. The van der Waals surface area contributed by atoms with Crippen LogP contribution in [0.5, 0.6) is 0 Å². The molecule has 1 spiro atoms. The summed E-state index contributed by atoms with van der Waals surface area (Å²) in [5.74, 6) is -2.72. The van der Waals surface area contributed by atoms with Gasteiger partial charge < -0.3 is 18.9 Å². The molecule has 3 aliphatic carbocycles. The van der Waals surface area contributed by atoms with Crippen molar-refractivity contribution >= 4 is 23.7 Å². The number of allylic oxidation sites excluding steroid dienone is 1. The molecule has 216 valence electrons. The highest BCUT2D eigenvalue weighted by Gasteiger charge is 2.71. The molecule has 40 heavy (non-hydrogen) atoms. The van der Waals surface area contributed by atoms with Gasteiger partial charge in [-0.2, -0.15) is 0 Å². The summed E-state index contributed by atoms with van der Waals surface area (Å²) < 4.78 is 24.2. The van der Waals surface area contributed by atoms with E-state index in [-0.39, 0.29) is 35.9 Å². The number of Topliss-reactive ketones (excluding diaryl/α,β-unsaturated/α-hetero) is 1. The van der Waals surface area contributed by atoms with Crippen LogP contribution in [0.4, 0.5) is 0 Å². The lowest BCUT2D eigenvalue weighted by Gasteiger charge is -2.41. The Morgan fingerprint density at radius 2 is 1.73 bits per heavy atom. The summed E-state index contributed by atoms with van der Waals surface area (Å²) in [7, 11) is 0. The maximum absolute atomic E-state index is 14.5. The molecular weight excluding hydrogens is 512 g/mol. The van der Waals surface area contributed by atoms with Crippen molar-refractivity contribution in [2.45, 2.75) is 90.6 Å². The SMILES string of the molecule is CC(=O)O[C@H]1C2[C@@H](OC(=O)Cc3ccccc3)[C@@H](C)C[C@]2(OC(C)=O)C(=O)/C(C)=C/[C@@H]2[C@H](CC[C@@]13CO3)C2(C)C. The first kappa shape index (κ1) is 28.5. The molecule has 8 atom stereocenters. The molecule has 3 fully saturated rings. The predicted octanol–water partition coefficient (Wildman–Crippen LogP) is 4.38. The molecule has 1 unspecified atom stereocenters. The Balaban J connectivity index is 1.61. The van der Waals surface area contributed by atoms with Crippen LogP contribution in [0.15, 0.2) is 42.0 Å². The van der Waals surface area contributed by atoms with E-state index in [0.717, 1.165) is 12.0 Å². The molecule has 1 heterocycles. The molecule has 2 saturated carbocycles. The quantitative estimate of drug-likeness (QED) is 0.301. The molecule has 8 heteroatoms. The van der Waals surface area contributed by atoms with Gasteiger partial charge >= 0.3 is 17.9 Å². The Hall–Kier alpha value is -3.00. The zero-order valence-electron chi connectivity index (χ0n) is 24.2. The van der Waals surface area contributed by atoms with Crippen LogP contribution in [0.25, 0.3) is 0 Å². The Morgan fingerprint density at radius 1 is 1.05 bits per heavy atom. The van der Waals surface area contributed by atoms with Crippen LogP contribution in [-0.4, -0.2) is 53.7 Å². The lowest BCUT2D eigenvalue weighted by Crippen LogP contribution is -2.58. The van der Waals surface area contributed by atoms with Crippen LogP contribution in [0.3, 0.4) is 0 Å². The van der Waals surface area contributed by atoms with Crippen LogP contribution in [-0.2, 0) is 44.5 Å². The third-order valence-electron chi connectivity index (χ3n) is 9.71. The number of hydrogen-bond acceptors (Lipinski definition) is 8. The van der Waals surface area contributed by atoms with Gasteiger partial charge in [-0.3, -0.25) is 19.2 Å². The van der Waals surface area contributed by atoms with E-state index in [2.05, 4.69) is 13.8 Å². The number of rotatable bonds is 5. The summed E-state index contributed by atoms with van der Waals surface area (Å²) in [6.45, 7) is 11.0. The van der Waals surface area contributed by atoms with Gasteiger partial charge in [0, 0.05) is 20.3 Å². The van der Waals surface area contributed by atoms with E-state index in [4.69, 9.17) is 18.9 Å². The molecule has 1 aliphatic heterocycles. The second-order valence-corrected chi connectivity index (χ2v) is 12.9. The lowest BCUT2D eigenvalue weighted by molar-refractivity contribution is -0.190. The van der Waals surface area contributed by atoms with E-state index < -0.39 is 47.2 Å². The molecule has 0 N–H and O–H groups in total. The third kappa shape index (κ3) is 5.00. The summed E-state index contributed by atoms with van der Waals surface area (Å²) in [6.07, 6.45) is 1.85. The number of ether oxygens (including phenoxy) is 4. The van der Waals surface area contributed by atoms with Crippen molar-refractivity contribution in [2.75, 3.05) is 6.61 Å². The van der Waals surface area contributed by atoms with Gasteiger partial charge in [-0.05, 0) is 54.1 Å². The molecule has 1 aromatic rings. The highest BCUT2D eigenvalue weighted by Crippen LogP contribution is 2.64. The van der Waals surface area contributed by atoms with Crippen molar-refractivity contribution in [3.05, 3.63) is 47.5 Å². The molecule has 5 rings (SSSR count). The second-order valence-electron chi connectivity index (χ2n) is 12.9. The molecule has 0 aromatic heterocycles. The number of fused-ring (bicyclic) bond motifs is 2. The monoisotopic (exact) mass is 552 g/mol. The first-order valence-corrected chi connectivity index (χ1v) is 14.3. The number of benzene rings is 1. The fourth-order valence-corrected chi connectivity index (χ4v) is 7.55. The Kier molecular flexibility index (Phi) is 7.22. The maximum Gasteiger partial charge on any atom is 0.310 e. The van der Waals surface area contributed by atoms with E-state index in [1.165, 1.54) is 13.8 Å². The molecule has 4 aliphatic rings. The van der Waals surface area contributed by atoms with Gasteiger partial charge in [0.2, 0.25) is 5.78 Å². The van der Waals surface area contributed by atoms with Crippen LogP contribution in [0.2, 0.25) is 0 Å². The van der Waals surface area contributed by atoms with Gasteiger partial charge in [0.25, 0.3) is 0 Å². The van der Waals surface area contributed by atoms with Gasteiger partial charge in [-0.15, -0.1) is 0 Å². The Labute approximate surface area is 235 Å². The minimum atomic E-state index is -1.68. The van der Waals surface area contributed by atoms with Gasteiger partial charge in [-0.1, -0.05) is 57.2 Å². The number of ketones is 1. The van der Waals surface area contributed by atoms with Crippen LogP contribution in [0, 0.1) is 29.1 Å². The lowest BCUT2D eigenvalue weighted by atomic mass is 9.74. The fourth-order valence-electron chi connectivity index (χ4n) is 7.55. The van der Waals surface area contributed by atoms with Crippen molar-refractivity contribution in [1.82, 2.24) is 0 Å². The average molecular weight is 553 g/mol. The molecule has 1 saturated heterocycles. The number of carbonyl (C=O) groups excluding carboxylic acids is 4. The second kappa shape index (κ2) is 10.1. The first-order valence-electron chi connectivity index (χ1n) is 14.3. The van der Waals surface area contributed by atoms with Crippen molar-refractivity contribution < 1.29 is 38.1 Å². The summed E-state index contributed by atoms with van der Waals surface area (Å²) in [6, 6.07) is 9.25. The van der Waals surface area contributed by atoms with Crippen molar-refractivity contribution in [3.8, 4) is 0 Å². The number of esters is 3. The minimum absolute atomic E-state index is 0.0141. The summed E-state index contributed by atoms with van der Waals surface area (Å²) in [5, 5.41) is 0. The Morgan fingerprint density at radius 3 is 2.33 bits per heavy atom. The number of carbonyl (C=O) groups is 4. The summed E-state index contributed by atoms with van der Waals surface area (Å²) in [5.41, 5.74) is -1.22. The minimum Gasteiger partial charge on any atom is -0.461 e. The maximum atomic E-state index is 14.5. The van der Waals surface area contributed by atoms with Gasteiger partial charge in [0.1, 0.15) is 17.8 Å². The smallest absolute Gasteiger partial charge is 0.310 e. The molecule has 0 bridgehead atoms. The highest BCUT2D eigenvalue weighted by atomic mass is 16.6. The predicted molar refractivity (Wildman–Crippen MR) is 145 cm³/mol. The van der Waals surface area contributed by atoms with Crippen molar-refractivity contribution in [1.29, 1.82) is 0 Å². The van der Waals surface area contributed by atoms with Crippen LogP contribution < -0.4 is 0 Å². The van der Waals surface area contributed by atoms with Crippen LogP contribution >= 0.6 is 0 Å². The summed E-state index contributed by atoms with van der Waals surface area (Å²) in [4.78, 5) is 52.9. The third-order valence-corrected chi connectivity index (χ3v) is 9.71. The largest absolute Gasteiger partial charge is 0.461 e. The zero-order valence-corrected chi connectivity index (χ0v) is 24.2. The van der Waals surface area contributed by atoms with Gasteiger partial charge in [0.05, 0.1) is 18.9 Å². The number of hydrogen-bond donors (Lipinski definition) is 0. The zero-order chi connectivity index (χ0) is 29.0.